The second-order valence-corrected chi connectivity index (χ2v) is 5.07. The van der Waals surface area contributed by atoms with E-state index in [4.69, 9.17) is 5.14 Å². The highest BCUT2D eigenvalue weighted by Crippen LogP contribution is 2.22. The lowest BCUT2D eigenvalue weighted by Gasteiger charge is -2.05. The molecule has 3 nitrogen and oxygen atoms in total. The van der Waals surface area contributed by atoms with Crippen molar-refractivity contribution in [1.82, 2.24) is 0 Å². The van der Waals surface area contributed by atoms with E-state index in [0.29, 0.717) is 0 Å². The third-order valence-electron chi connectivity index (χ3n) is 2.37. The molecule has 2 aromatic carbocycles. The van der Waals surface area contributed by atoms with Crippen LogP contribution in [-0.4, -0.2) is 8.42 Å². The van der Waals surface area contributed by atoms with Crippen LogP contribution in [0.2, 0.25) is 0 Å². The molecule has 0 atom stereocenters. The Kier molecular flexibility index (Phi) is 2.25. The molecule has 0 saturated heterocycles. The predicted octanol–water partition coefficient (Wildman–Crippen LogP) is 1.80. The van der Waals surface area contributed by atoms with E-state index in [0.717, 1.165) is 16.3 Å². The van der Waals surface area contributed by atoms with Crippen LogP contribution in [0.3, 0.4) is 0 Å². The summed E-state index contributed by atoms with van der Waals surface area (Å²) in [6.07, 6.45) is 0. The van der Waals surface area contributed by atoms with Gasteiger partial charge in [-0.05, 0) is 35.4 Å². The van der Waals surface area contributed by atoms with Gasteiger partial charge in [0.2, 0.25) is 10.0 Å². The fraction of sp³-hybridized carbons (Fsp3) is 0.0909. The van der Waals surface area contributed by atoms with Crippen LogP contribution in [0.25, 0.3) is 10.8 Å². The molecule has 0 spiro atoms. The third-order valence-corrected chi connectivity index (χ3v) is 3.26. The van der Waals surface area contributed by atoms with Crippen LogP contribution in [-0.2, 0) is 10.0 Å². The van der Waals surface area contributed by atoms with Crippen LogP contribution < -0.4 is 5.14 Å². The first kappa shape index (κ1) is 10.1. The highest BCUT2D eigenvalue weighted by atomic mass is 32.2. The topological polar surface area (TPSA) is 60.2 Å². The number of primary sulfonamides is 1. The Bertz CT molecular complexity index is 618. The Hall–Kier alpha value is -1.39. The van der Waals surface area contributed by atoms with Crippen LogP contribution in [0.15, 0.2) is 41.3 Å². The van der Waals surface area contributed by atoms with Crippen LogP contribution >= 0.6 is 0 Å². The van der Waals surface area contributed by atoms with Gasteiger partial charge in [-0.15, -0.1) is 0 Å². The summed E-state index contributed by atoms with van der Waals surface area (Å²) in [4.78, 5) is 0.165. The molecule has 78 valence electrons. The van der Waals surface area contributed by atoms with E-state index in [1.165, 1.54) is 0 Å². The Morgan fingerprint density at radius 3 is 2.47 bits per heavy atom. The average Bonchev–Trinajstić information content (AvgIpc) is 2.16. The van der Waals surface area contributed by atoms with Crippen molar-refractivity contribution in [2.75, 3.05) is 0 Å². The van der Waals surface area contributed by atoms with E-state index >= 15 is 0 Å². The highest BCUT2D eigenvalue weighted by Gasteiger charge is 2.09. The number of sulfonamides is 1. The van der Waals surface area contributed by atoms with Crippen LogP contribution in [0, 0.1) is 6.92 Å². The Labute approximate surface area is 88.6 Å². The Morgan fingerprint density at radius 2 is 1.80 bits per heavy atom. The number of hydrogen-bond acceptors (Lipinski definition) is 2. The number of nitrogens with two attached hydrogens (primary N) is 1. The summed E-state index contributed by atoms with van der Waals surface area (Å²) < 4.78 is 22.4. The summed E-state index contributed by atoms with van der Waals surface area (Å²) in [5, 5.41) is 7.03. The van der Waals surface area contributed by atoms with Gasteiger partial charge in [0, 0.05) is 0 Å². The Balaban J connectivity index is 2.85. The van der Waals surface area contributed by atoms with Crippen LogP contribution in [0.1, 0.15) is 5.56 Å². The molecule has 2 rings (SSSR count). The first-order valence-corrected chi connectivity index (χ1v) is 6.05. The van der Waals surface area contributed by atoms with Gasteiger partial charge in [-0.2, -0.15) is 0 Å². The molecule has 4 heteroatoms. The second kappa shape index (κ2) is 3.32. The largest absolute Gasteiger partial charge is 0.238 e. The second-order valence-electron chi connectivity index (χ2n) is 3.51. The maximum atomic E-state index is 11.2. The molecule has 15 heavy (non-hydrogen) atoms. The van der Waals surface area contributed by atoms with Crippen LogP contribution in [0.4, 0.5) is 0 Å². The van der Waals surface area contributed by atoms with E-state index in [1.54, 1.807) is 12.1 Å². The van der Waals surface area contributed by atoms with Crippen molar-refractivity contribution in [3.8, 4) is 0 Å². The molecule has 0 heterocycles. The fourth-order valence-corrected chi connectivity index (χ4v) is 2.26. The van der Waals surface area contributed by atoms with Crippen molar-refractivity contribution in [2.45, 2.75) is 11.8 Å². The van der Waals surface area contributed by atoms with Gasteiger partial charge in [-0.25, -0.2) is 13.6 Å². The van der Waals surface area contributed by atoms with E-state index in [-0.39, 0.29) is 4.90 Å². The number of aryl methyl sites for hydroxylation is 1. The lowest BCUT2D eigenvalue weighted by molar-refractivity contribution is 0.598. The molecule has 0 aromatic heterocycles. The van der Waals surface area contributed by atoms with Crippen molar-refractivity contribution in [3.05, 3.63) is 42.0 Å². The zero-order valence-electron chi connectivity index (χ0n) is 8.27. The standard InChI is InChI=1S/C11H11NO2S/c1-8-6-10(15(12,13)14)7-9-4-2-3-5-11(8)9/h2-7H,1H3,(H2,12,13,14). The zero-order valence-corrected chi connectivity index (χ0v) is 9.08. The van der Waals surface area contributed by atoms with Crippen molar-refractivity contribution in [1.29, 1.82) is 0 Å². The predicted molar refractivity (Wildman–Crippen MR) is 60.1 cm³/mol. The molecule has 0 aliphatic carbocycles. The van der Waals surface area contributed by atoms with Crippen molar-refractivity contribution in [2.24, 2.45) is 5.14 Å². The van der Waals surface area contributed by atoms with Crippen molar-refractivity contribution in [3.63, 3.8) is 0 Å². The van der Waals surface area contributed by atoms with Crippen molar-refractivity contribution < 1.29 is 8.42 Å². The first-order chi connectivity index (χ1) is 6.98. The monoisotopic (exact) mass is 221 g/mol. The van der Waals surface area contributed by atoms with Gasteiger partial charge in [0.05, 0.1) is 4.90 Å². The lowest BCUT2D eigenvalue weighted by Crippen LogP contribution is -2.12. The normalized spacial score (nSPS) is 11.9. The molecule has 0 aliphatic rings. The fourth-order valence-electron chi connectivity index (χ4n) is 1.63. The molecule has 0 saturated carbocycles. The van der Waals surface area contributed by atoms with Crippen molar-refractivity contribution >= 4 is 20.8 Å². The molecule has 0 bridgehead atoms. The number of benzene rings is 2. The third kappa shape index (κ3) is 1.86. The van der Waals surface area contributed by atoms with E-state index in [1.807, 2.05) is 31.2 Å². The summed E-state index contributed by atoms with van der Waals surface area (Å²) in [6, 6.07) is 10.8. The molecule has 0 amide bonds. The maximum absolute atomic E-state index is 11.2. The summed E-state index contributed by atoms with van der Waals surface area (Å²) >= 11 is 0. The minimum atomic E-state index is -3.62. The van der Waals surface area contributed by atoms with Gasteiger partial charge in [-0.1, -0.05) is 24.3 Å². The summed E-state index contributed by atoms with van der Waals surface area (Å²) in [5.74, 6) is 0. The summed E-state index contributed by atoms with van der Waals surface area (Å²) in [6.45, 7) is 1.87. The number of hydrogen-bond donors (Lipinski definition) is 1. The molecule has 0 aliphatic heterocycles. The maximum Gasteiger partial charge on any atom is 0.238 e. The smallest absolute Gasteiger partial charge is 0.225 e. The SMILES string of the molecule is Cc1cc(S(N)(=O)=O)cc2ccccc12. The minimum Gasteiger partial charge on any atom is -0.225 e. The van der Waals surface area contributed by atoms with E-state index in [2.05, 4.69) is 0 Å². The summed E-state index contributed by atoms with van der Waals surface area (Å²) in [7, 11) is -3.62. The van der Waals surface area contributed by atoms with Gasteiger partial charge in [-0.3, -0.25) is 0 Å². The molecule has 2 N–H and O–H groups in total. The van der Waals surface area contributed by atoms with E-state index in [9.17, 15) is 8.42 Å². The number of fused-ring (bicyclic) bond motifs is 1. The number of rotatable bonds is 1. The minimum absolute atomic E-state index is 0.165. The van der Waals surface area contributed by atoms with Crippen LogP contribution in [0.5, 0.6) is 0 Å². The highest BCUT2D eigenvalue weighted by molar-refractivity contribution is 7.89. The van der Waals surface area contributed by atoms with Gasteiger partial charge >= 0.3 is 0 Å². The quantitative estimate of drug-likeness (QED) is 0.798. The first-order valence-electron chi connectivity index (χ1n) is 4.51. The molecule has 2 aromatic rings. The molecule has 0 fully saturated rings. The lowest BCUT2D eigenvalue weighted by atomic mass is 10.1. The van der Waals surface area contributed by atoms with Gasteiger partial charge in [0.1, 0.15) is 0 Å². The molecule has 0 radical (unpaired) electrons. The average molecular weight is 221 g/mol. The molecular weight excluding hydrogens is 210 g/mol. The zero-order chi connectivity index (χ0) is 11.1. The Morgan fingerprint density at radius 1 is 1.13 bits per heavy atom. The molecular formula is C11H11NO2S. The summed E-state index contributed by atoms with van der Waals surface area (Å²) in [5.41, 5.74) is 0.914. The van der Waals surface area contributed by atoms with Gasteiger partial charge in [0.15, 0.2) is 0 Å². The van der Waals surface area contributed by atoms with E-state index < -0.39 is 10.0 Å². The molecule has 0 unspecified atom stereocenters. The van der Waals surface area contributed by atoms with Gasteiger partial charge in [0.25, 0.3) is 0 Å². The van der Waals surface area contributed by atoms with Gasteiger partial charge < -0.3 is 0 Å².